The lowest BCUT2D eigenvalue weighted by Crippen LogP contribution is -2.42. The van der Waals surface area contributed by atoms with Crippen LogP contribution in [0.15, 0.2) is 53.4 Å². The Bertz CT molecular complexity index is 1190. The Balaban J connectivity index is 1.70. The van der Waals surface area contributed by atoms with Crippen molar-refractivity contribution in [3.63, 3.8) is 0 Å². The van der Waals surface area contributed by atoms with Gasteiger partial charge in [0.25, 0.3) is 5.91 Å². The lowest BCUT2D eigenvalue weighted by Gasteiger charge is -2.22. The number of anilines is 1. The number of amides is 4. The van der Waals surface area contributed by atoms with Gasteiger partial charge in [0.2, 0.25) is 15.9 Å². The average molecular weight is 489 g/mol. The molecule has 1 saturated heterocycles. The highest BCUT2D eigenvalue weighted by molar-refractivity contribution is 7.89. The summed E-state index contributed by atoms with van der Waals surface area (Å²) in [5.41, 5.74) is -0.476. The maximum atomic E-state index is 13.1. The number of carbonyl (C=O) groups is 3. The standard InChI is InChI=1S/C23H28N4O6S/c1-5-26(6-2)34(31,32)19-12-10-17(11-13-19)24-20(28)15-27-21(29)23(3,25-22(27)30)16-8-7-9-18(14-16)33-4/h7-14H,5-6,15H2,1-4H3,(H,24,28)(H,25,30)/t23-/m1/s1. The van der Waals surface area contributed by atoms with Crippen molar-refractivity contribution in [1.82, 2.24) is 14.5 Å². The maximum Gasteiger partial charge on any atom is 0.325 e. The van der Waals surface area contributed by atoms with Gasteiger partial charge in [0.15, 0.2) is 0 Å². The van der Waals surface area contributed by atoms with Crippen LogP contribution in [0.2, 0.25) is 0 Å². The fraction of sp³-hybridized carbons (Fsp3) is 0.348. The molecular formula is C23H28N4O6S. The third-order valence-electron chi connectivity index (χ3n) is 5.71. The molecule has 2 aromatic carbocycles. The molecule has 34 heavy (non-hydrogen) atoms. The van der Waals surface area contributed by atoms with Crippen LogP contribution in [0.3, 0.4) is 0 Å². The topological polar surface area (TPSA) is 125 Å². The molecule has 0 saturated carbocycles. The van der Waals surface area contributed by atoms with E-state index in [0.29, 0.717) is 30.1 Å². The van der Waals surface area contributed by atoms with Crippen LogP contribution in [0.4, 0.5) is 10.5 Å². The monoisotopic (exact) mass is 488 g/mol. The molecule has 0 radical (unpaired) electrons. The summed E-state index contributed by atoms with van der Waals surface area (Å²) in [6.45, 7) is 5.27. The van der Waals surface area contributed by atoms with Gasteiger partial charge in [-0.3, -0.25) is 14.5 Å². The molecule has 4 amide bonds. The molecule has 1 aliphatic heterocycles. The fourth-order valence-electron chi connectivity index (χ4n) is 3.74. The molecule has 2 aromatic rings. The Morgan fingerprint density at radius 3 is 2.35 bits per heavy atom. The van der Waals surface area contributed by atoms with Gasteiger partial charge >= 0.3 is 6.03 Å². The van der Waals surface area contributed by atoms with E-state index in [1.165, 1.54) is 35.7 Å². The van der Waals surface area contributed by atoms with E-state index in [-0.39, 0.29) is 4.90 Å². The third-order valence-corrected chi connectivity index (χ3v) is 7.77. The SMILES string of the molecule is CCN(CC)S(=O)(=O)c1ccc(NC(=O)CN2C(=O)N[C@](C)(c3cccc(OC)c3)C2=O)cc1. The Kier molecular flexibility index (Phi) is 7.27. The van der Waals surface area contributed by atoms with Crippen molar-refractivity contribution < 1.29 is 27.5 Å². The van der Waals surface area contributed by atoms with Crippen molar-refractivity contribution in [3.05, 3.63) is 54.1 Å². The minimum atomic E-state index is -3.62. The molecule has 10 nitrogen and oxygen atoms in total. The van der Waals surface area contributed by atoms with Crippen LogP contribution in [0.1, 0.15) is 26.3 Å². The largest absolute Gasteiger partial charge is 0.497 e. The molecule has 2 N–H and O–H groups in total. The van der Waals surface area contributed by atoms with Gasteiger partial charge in [-0.1, -0.05) is 26.0 Å². The molecule has 0 unspecified atom stereocenters. The van der Waals surface area contributed by atoms with Crippen LogP contribution in [0.25, 0.3) is 0 Å². The molecular weight excluding hydrogens is 460 g/mol. The number of ether oxygens (including phenoxy) is 1. The number of benzene rings is 2. The van der Waals surface area contributed by atoms with Crippen molar-refractivity contribution in [2.45, 2.75) is 31.2 Å². The van der Waals surface area contributed by atoms with Gasteiger partial charge < -0.3 is 15.4 Å². The average Bonchev–Trinajstić information content (AvgIpc) is 3.04. The third kappa shape index (κ3) is 4.75. The molecule has 0 aromatic heterocycles. The number of urea groups is 1. The van der Waals surface area contributed by atoms with Crippen LogP contribution < -0.4 is 15.4 Å². The molecule has 1 atom stereocenters. The molecule has 0 bridgehead atoms. The zero-order valence-electron chi connectivity index (χ0n) is 19.5. The summed E-state index contributed by atoms with van der Waals surface area (Å²) in [6, 6.07) is 11.8. The number of imide groups is 1. The Hall–Kier alpha value is -3.44. The molecule has 11 heteroatoms. The molecule has 0 spiro atoms. The van der Waals surface area contributed by atoms with Gasteiger partial charge in [-0.2, -0.15) is 4.31 Å². The van der Waals surface area contributed by atoms with Gasteiger partial charge in [0.1, 0.15) is 17.8 Å². The van der Waals surface area contributed by atoms with E-state index >= 15 is 0 Å². The number of rotatable bonds is 9. The molecule has 3 rings (SSSR count). The summed E-state index contributed by atoms with van der Waals surface area (Å²) in [5.74, 6) is -0.636. The number of hydrogen-bond donors (Lipinski definition) is 2. The Morgan fingerprint density at radius 2 is 1.76 bits per heavy atom. The van der Waals surface area contributed by atoms with E-state index in [9.17, 15) is 22.8 Å². The Labute approximate surface area is 198 Å². The predicted molar refractivity (Wildman–Crippen MR) is 126 cm³/mol. The number of hydrogen-bond acceptors (Lipinski definition) is 6. The number of carbonyl (C=O) groups excluding carboxylic acids is 3. The summed E-state index contributed by atoms with van der Waals surface area (Å²) < 4.78 is 31.7. The summed E-state index contributed by atoms with van der Waals surface area (Å²) >= 11 is 0. The lowest BCUT2D eigenvalue weighted by molar-refractivity contribution is -0.133. The predicted octanol–water partition coefficient (Wildman–Crippen LogP) is 2.13. The minimum absolute atomic E-state index is 0.109. The number of nitrogens with zero attached hydrogens (tertiary/aromatic N) is 2. The van der Waals surface area contributed by atoms with Crippen LogP contribution >= 0.6 is 0 Å². The summed E-state index contributed by atoms with van der Waals surface area (Å²) in [5, 5.41) is 5.23. The van der Waals surface area contributed by atoms with E-state index in [0.717, 1.165) is 4.90 Å². The second-order valence-corrected chi connectivity index (χ2v) is 9.78. The van der Waals surface area contributed by atoms with Crippen LogP contribution in [0, 0.1) is 0 Å². The van der Waals surface area contributed by atoms with Crippen molar-refractivity contribution in [2.24, 2.45) is 0 Å². The zero-order chi connectivity index (χ0) is 25.1. The normalized spacial score (nSPS) is 18.2. The first kappa shape index (κ1) is 25.2. The van der Waals surface area contributed by atoms with Gasteiger partial charge in [0.05, 0.1) is 12.0 Å². The van der Waals surface area contributed by atoms with Gasteiger partial charge in [0, 0.05) is 18.8 Å². The highest BCUT2D eigenvalue weighted by Gasteiger charge is 2.49. The first-order valence-corrected chi connectivity index (χ1v) is 12.2. The number of methoxy groups -OCH3 is 1. The van der Waals surface area contributed by atoms with Crippen LogP contribution in [-0.4, -0.2) is 62.2 Å². The summed E-state index contributed by atoms with van der Waals surface area (Å²) in [7, 11) is -2.12. The molecule has 1 aliphatic rings. The maximum absolute atomic E-state index is 13.1. The van der Waals surface area contributed by atoms with E-state index in [4.69, 9.17) is 4.74 Å². The van der Waals surface area contributed by atoms with Crippen molar-refractivity contribution in [2.75, 3.05) is 32.1 Å². The summed E-state index contributed by atoms with van der Waals surface area (Å²) in [6.07, 6.45) is 0. The van der Waals surface area contributed by atoms with Crippen molar-refractivity contribution >= 4 is 33.6 Å². The van der Waals surface area contributed by atoms with E-state index in [1.54, 1.807) is 45.0 Å². The molecule has 1 heterocycles. The summed E-state index contributed by atoms with van der Waals surface area (Å²) in [4.78, 5) is 39.1. The minimum Gasteiger partial charge on any atom is -0.497 e. The van der Waals surface area contributed by atoms with E-state index in [2.05, 4.69) is 10.6 Å². The highest BCUT2D eigenvalue weighted by Crippen LogP contribution is 2.30. The first-order valence-electron chi connectivity index (χ1n) is 10.8. The number of nitrogens with one attached hydrogen (secondary N) is 2. The molecule has 1 fully saturated rings. The second kappa shape index (κ2) is 9.82. The quantitative estimate of drug-likeness (QED) is 0.521. The zero-order valence-corrected chi connectivity index (χ0v) is 20.3. The van der Waals surface area contributed by atoms with Crippen LogP contribution in [0.5, 0.6) is 5.75 Å². The van der Waals surface area contributed by atoms with Crippen LogP contribution in [-0.2, 0) is 25.2 Å². The van der Waals surface area contributed by atoms with Gasteiger partial charge in [-0.25, -0.2) is 13.2 Å². The molecule has 0 aliphatic carbocycles. The lowest BCUT2D eigenvalue weighted by atomic mass is 9.92. The fourth-order valence-corrected chi connectivity index (χ4v) is 5.20. The highest BCUT2D eigenvalue weighted by atomic mass is 32.2. The second-order valence-electron chi connectivity index (χ2n) is 7.84. The van der Waals surface area contributed by atoms with E-state index in [1.807, 2.05) is 0 Å². The van der Waals surface area contributed by atoms with Crippen molar-refractivity contribution in [1.29, 1.82) is 0 Å². The van der Waals surface area contributed by atoms with E-state index < -0.39 is 40.0 Å². The van der Waals surface area contributed by atoms with Crippen molar-refractivity contribution in [3.8, 4) is 5.75 Å². The number of sulfonamides is 1. The smallest absolute Gasteiger partial charge is 0.325 e. The van der Waals surface area contributed by atoms with Gasteiger partial charge in [-0.15, -0.1) is 0 Å². The Morgan fingerprint density at radius 1 is 1.12 bits per heavy atom. The first-order chi connectivity index (χ1) is 16.1. The molecule has 182 valence electrons. The van der Waals surface area contributed by atoms with Gasteiger partial charge in [-0.05, 0) is 48.9 Å².